The first-order chi connectivity index (χ1) is 17.6. The standard InChI is InChI=1S/C29H23BrN2O2S2/c1-34-24-14-7-17(15-23(24)30)16-25-28(33)32-27(19-8-11-20(35-2)12-9-19)22-13-10-18-5-3-4-6-21(18)26(22)31-29(32)36-25/h3-9,11-12,14-16,27H,10,13H2,1-2H3. The molecule has 2 heterocycles. The Kier molecular flexibility index (Phi) is 6.23. The molecular formula is C29H23BrN2O2S2. The average molecular weight is 576 g/mol. The SMILES string of the molecule is COc1ccc(C=c2sc3n(c2=O)C(c2ccc(SC)cc2)C2=C(N=3)c3ccccc3CC2)cc1Br. The monoisotopic (exact) mass is 574 g/mol. The third kappa shape index (κ3) is 3.99. The van der Waals surface area contributed by atoms with Gasteiger partial charge in [-0.05, 0) is 87.6 Å². The van der Waals surface area contributed by atoms with E-state index in [1.165, 1.54) is 32.9 Å². The predicted molar refractivity (Wildman–Crippen MR) is 152 cm³/mol. The topological polar surface area (TPSA) is 43.6 Å². The molecule has 0 fully saturated rings. The van der Waals surface area contributed by atoms with Crippen LogP contribution in [0.25, 0.3) is 11.8 Å². The van der Waals surface area contributed by atoms with Crippen molar-refractivity contribution >= 4 is 50.8 Å². The molecule has 7 heteroatoms. The fourth-order valence-electron chi connectivity index (χ4n) is 5.03. The van der Waals surface area contributed by atoms with Crippen LogP contribution in [0.1, 0.15) is 34.7 Å². The first-order valence-corrected chi connectivity index (χ1v) is 14.5. The van der Waals surface area contributed by atoms with Gasteiger partial charge in [-0.3, -0.25) is 9.36 Å². The quantitative estimate of drug-likeness (QED) is 0.289. The summed E-state index contributed by atoms with van der Waals surface area (Å²) in [5.41, 5.74) is 6.79. The van der Waals surface area contributed by atoms with Crippen LogP contribution in [0.3, 0.4) is 0 Å². The van der Waals surface area contributed by atoms with Crippen molar-refractivity contribution in [2.24, 2.45) is 4.99 Å². The van der Waals surface area contributed by atoms with Gasteiger partial charge in [-0.1, -0.05) is 53.8 Å². The van der Waals surface area contributed by atoms with Crippen molar-refractivity contribution in [1.82, 2.24) is 4.57 Å². The molecular weight excluding hydrogens is 552 g/mol. The van der Waals surface area contributed by atoms with E-state index in [4.69, 9.17) is 9.73 Å². The lowest BCUT2D eigenvalue weighted by Crippen LogP contribution is -2.38. The number of allylic oxidation sites excluding steroid dienone is 1. The van der Waals surface area contributed by atoms with Crippen molar-refractivity contribution < 1.29 is 4.74 Å². The van der Waals surface area contributed by atoms with Crippen LogP contribution in [0.4, 0.5) is 0 Å². The van der Waals surface area contributed by atoms with Crippen molar-refractivity contribution in [3.8, 4) is 5.75 Å². The van der Waals surface area contributed by atoms with E-state index in [9.17, 15) is 4.79 Å². The van der Waals surface area contributed by atoms with E-state index in [1.54, 1.807) is 18.9 Å². The van der Waals surface area contributed by atoms with Gasteiger partial charge < -0.3 is 4.74 Å². The Morgan fingerprint density at radius 3 is 2.67 bits per heavy atom. The highest BCUT2D eigenvalue weighted by Gasteiger charge is 2.32. The maximum Gasteiger partial charge on any atom is 0.271 e. The summed E-state index contributed by atoms with van der Waals surface area (Å²) in [6.45, 7) is 0. The highest BCUT2D eigenvalue weighted by Crippen LogP contribution is 2.41. The first kappa shape index (κ1) is 23.5. The Labute approximate surface area is 225 Å². The Morgan fingerprint density at radius 2 is 1.92 bits per heavy atom. The van der Waals surface area contributed by atoms with Gasteiger partial charge in [0.25, 0.3) is 5.56 Å². The van der Waals surface area contributed by atoms with Gasteiger partial charge >= 0.3 is 0 Å². The van der Waals surface area contributed by atoms with Gasteiger partial charge in [0.05, 0.1) is 27.9 Å². The van der Waals surface area contributed by atoms with Crippen LogP contribution in [-0.2, 0) is 6.42 Å². The smallest absolute Gasteiger partial charge is 0.271 e. The average Bonchev–Trinajstić information content (AvgIpc) is 3.22. The number of rotatable bonds is 4. The number of methoxy groups -OCH3 is 1. The predicted octanol–water partition coefficient (Wildman–Crippen LogP) is 5.81. The van der Waals surface area contributed by atoms with E-state index in [-0.39, 0.29) is 11.6 Å². The summed E-state index contributed by atoms with van der Waals surface area (Å²) in [4.78, 5) is 20.9. The largest absolute Gasteiger partial charge is 0.496 e. The minimum Gasteiger partial charge on any atom is -0.496 e. The maximum atomic E-state index is 13.9. The molecule has 36 heavy (non-hydrogen) atoms. The van der Waals surface area contributed by atoms with Crippen LogP contribution >= 0.6 is 39.0 Å². The zero-order valence-corrected chi connectivity index (χ0v) is 23.0. The van der Waals surface area contributed by atoms with Crippen molar-refractivity contribution in [3.05, 3.63) is 119 Å². The minimum absolute atomic E-state index is 0.00459. The minimum atomic E-state index is -0.162. The molecule has 0 N–H and O–H groups in total. The van der Waals surface area contributed by atoms with Gasteiger partial charge in [0.1, 0.15) is 5.75 Å². The van der Waals surface area contributed by atoms with Crippen molar-refractivity contribution in [2.75, 3.05) is 13.4 Å². The lowest BCUT2D eigenvalue weighted by molar-refractivity contribution is 0.412. The van der Waals surface area contributed by atoms with E-state index >= 15 is 0 Å². The second-order valence-corrected chi connectivity index (χ2v) is 11.5. The van der Waals surface area contributed by atoms with E-state index in [0.717, 1.165) is 44.7 Å². The highest BCUT2D eigenvalue weighted by atomic mass is 79.9. The van der Waals surface area contributed by atoms with E-state index in [0.29, 0.717) is 4.53 Å². The van der Waals surface area contributed by atoms with Crippen molar-refractivity contribution in [1.29, 1.82) is 0 Å². The summed E-state index contributed by atoms with van der Waals surface area (Å²) >= 11 is 6.73. The summed E-state index contributed by atoms with van der Waals surface area (Å²) < 4.78 is 8.78. The summed E-state index contributed by atoms with van der Waals surface area (Å²) in [7, 11) is 1.64. The maximum absolute atomic E-state index is 13.9. The molecule has 4 aromatic rings. The molecule has 0 bridgehead atoms. The molecule has 2 aliphatic rings. The molecule has 0 radical (unpaired) electrons. The van der Waals surface area contributed by atoms with E-state index < -0.39 is 0 Å². The van der Waals surface area contributed by atoms with Gasteiger partial charge in [-0.2, -0.15) is 0 Å². The second kappa shape index (κ2) is 9.54. The third-order valence-corrected chi connectivity index (χ3v) is 9.12. The molecule has 1 aliphatic heterocycles. The van der Waals surface area contributed by atoms with Crippen LogP contribution in [-0.4, -0.2) is 17.9 Å². The number of aryl methyl sites for hydroxylation is 1. The van der Waals surface area contributed by atoms with E-state index in [2.05, 4.69) is 70.7 Å². The van der Waals surface area contributed by atoms with Crippen molar-refractivity contribution in [2.45, 2.75) is 23.8 Å². The Bertz CT molecular complexity index is 1700. The van der Waals surface area contributed by atoms with Crippen LogP contribution < -0.4 is 19.6 Å². The molecule has 3 aromatic carbocycles. The fraction of sp³-hybridized carbons (Fsp3) is 0.172. The molecule has 0 amide bonds. The molecule has 0 saturated carbocycles. The molecule has 4 nitrogen and oxygen atoms in total. The lowest BCUT2D eigenvalue weighted by atomic mass is 9.83. The van der Waals surface area contributed by atoms with Gasteiger partial charge in [0, 0.05) is 10.5 Å². The van der Waals surface area contributed by atoms with Gasteiger partial charge in [0.15, 0.2) is 4.80 Å². The molecule has 180 valence electrons. The summed E-state index contributed by atoms with van der Waals surface area (Å²) in [6, 6.07) is 22.8. The third-order valence-electron chi connectivity index (χ3n) is 6.78. The first-order valence-electron chi connectivity index (χ1n) is 11.7. The summed E-state index contributed by atoms with van der Waals surface area (Å²) in [6.07, 6.45) is 5.86. The highest BCUT2D eigenvalue weighted by molar-refractivity contribution is 9.10. The van der Waals surface area contributed by atoms with Gasteiger partial charge in [0.2, 0.25) is 0 Å². The number of nitrogens with zero attached hydrogens (tertiary/aromatic N) is 2. The molecule has 1 aliphatic carbocycles. The number of benzene rings is 3. The molecule has 0 spiro atoms. The zero-order chi connectivity index (χ0) is 24.8. The Hall–Kier alpha value is -2.87. The fourth-order valence-corrected chi connectivity index (χ4v) is 7.00. The lowest BCUT2D eigenvalue weighted by Gasteiger charge is -2.30. The van der Waals surface area contributed by atoms with Gasteiger partial charge in [-0.25, -0.2) is 4.99 Å². The number of thioether (sulfide) groups is 1. The van der Waals surface area contributed by atoms with Crippen LogP contribution in [0, 0.1) is 0 Å². The molecule has 6 rings (SSSR count). The molecule has 1 atom stereocenters. The summed E-state index contributed by atoms with van der Waals surface area (Å²) in [5.74, 6) is 0.758. The van der Waals surface area contributed by atoms with Crippen LogP contribution in [0.2, 0.25) is 0 Å². The normalized spacial score (nSPS) is 16.8. The molecule has 1 unspecified atom stereocenters. The Morgan fingerprint density at radius 1 is 1.11 bits per heavy atom. The van der Waals surface area contributed by atoms with Crippen LogP contribution in [0.15, 0.2) is 91.5 Å². The zero-order valence-electron chi connectivity index (χ0n) is 19.8. The molecule has 0 saturated heterocycles. The number of fused-ring (bicyclic) bond motifs is 3. The molecule has 1 aromatic heterocycles. The number of ether oxygens (including phenoxy) is 1. The number of aromatic nitrogens is 1. The number of thiazole rings is 1. The van der Waals surface area contributed by atoms with Gasteiger partial charge in [-0.15, -0.1) is 11.8 Å². The Balaban J connectivity index is 1.58. The van der Waals surface area contributed by atoms with E-state index in [1.807, 2.05) is 28.8 Å². The van der Waals surface area contributed by atoms with Crippen molar-refractivity contribution in [3.63, 3.8) is 0 Å². The number of halogens is 1. The number of hydrogen-bond acceptors (Lipinski definition) is 5. The number of hydrogen-bond donors (Lipinski definition) is 0. The van der Waals surface area contributed by atoms with Crippen LogP contribution in [0.5, 0.6) is 5.75 Å². The second-order valence-electron chi connectivity index (χ2n) is 8.78. The summed E-state index contributed by atoms with van der Waals surface area (Å²) in [5, 5.41) is 0.